The summed E-state index contributed by atoms with van der Waals surface area (Å²) in [4.78, 5) is 0. The van der Waals surface area contributed by atoms with Gasteiger partial charge in [-0.25, -0.2) is 13.6 Å². The molecule has 6 nitrogen and oxygen atoms in total. The second-order valence-corrected chi connectivity index (χ2v) is 2.82. The van der Waals surface area contributed by atoms with E-state index in [2.05, 4.69) is 8.77 Å². The van der Waals surface area contributed by atoms with E-state index < -0.39 is 21.3 Å². The van der Waals surface area contributed by atoms with E-state index in [4.69, 9.17) is 0 Å². The third-order valence-corrected chi connectivity index (χ3v) is 1.48. The molecule has 0 fully saturated rings. The van der Waals surface area contributed by atoms with Crippen LogP contribution in [0.2, 0.25) is 0 Å². The second-order valence-electron chi connectivity index (χ2n) is 0.791. The Labute approximate surface area is 47.7 Å². The molecule has 0 rings (SSSR count). The van der Waals surface area contributed by atoms with Crippen LogP contribution in [0.15, 0.2) is 0 Å². The Kier molecular flexibility index (Phi) is 2.34. The third-order valence-electron chi connectivity index (χ3n) is 0.165. The van der Waals surface area contributed by atoms with Crippen LogP contribution in [0.25, 0.3) is 0 Å². The fraction of sp³-hybridized carbons (Fsp3) is 0. The van der Waals surface area contributed by atoms with Crippen LogP contribution in [0.1, 0.15) is 0 Å². The van der Waals surface area contributed by atoms with E-state index in [1.165, 1.54) is 0 Å². The minimum atomic E-state index is -4.32. The summed E-state index contributed by atoms with van der Waals surface area (Å²) in [6, 6.07) is 0. The van der Waals surface area contributed by atoms with Gasteiger partial charge >= 0.3 is 10.3 Å². The standard InChI is InChI=1S/H3NO5S2/c1-8(4,5)6-7(2)3/h7H,(H2,1,4,5). The highest BCUT2D eigenvalue weighted by Gasteiger charge is 2.00. The number of hydrogen-bond acceptors (Lipinski definition) is 5. The average Bonchev–Trinajstić information content (AvgIpc) is 1.21. The molecule has 0 aliphatic heterocycles. The van der Waals surface area contributed by atoms with Gasteiger partial charge < -0.3 is 0 Å². The molecule has 2 N–H and O–H groups in total. The largest absolute Gasteiger partial charge is 0.347 e. The van der Waals surface area contributed by atoms with Crippen LogP contribution in [0.5, 0.6) is 0 Å². The first-order chi connectivity index (χ1) is 3.42. The SMILES string of the molecule is NS(=O)(=O)O[SH](=O)=O. The van der Waals surface area contributed by atoms with Crippen molar-refractivity contribution in [3.05, 3.63) is 0 Å². The van der Waals surface area contributed by atoms with Gasteiger partial charge in [-0.05, 0) is 0 Å². The van der Waals surface area contributed by atoms with Gasteiger partial charge in [0.15, 0.2) is 0 Å². The van der Waals surface area contributed by atoms with E-state index in [-0.39, 0.29) is 0 Å². The molecule has 0 aromatic carbocycles. The summed E-state index contributed by atoms with van der Waals surface area (Å²) in [5, 5.41) is 4.10. The molecular formula is H3NO5S2. The van der Waals surface area contributed by atoms with Crippen molar-refractivity contribution in [3.63, 3.8) is 0 Å². The maximum atomic E-state index is 9.61. The minimum Gasteiger partial charge on any atom is -0.204 e. The van der Waals surface area contributed by atoms with Gasteiger partial charge in [0.25, 0.3) is 11.0 Å². The second kappa shape index (κ2) is 2.40. The van der Waals surface area contributed by atoms with Gasteiger partial charge in [0.05, 0.1) is 0 Å². The normalized spacial score (nSPS) is 12.2. The van der Waals surface area contributed by atoms with E-state index in [1.807, 2.05) is 0 Å². The lowest BCUT2D eigenvalue weighted by atomic mass is 13.9. The zero-order valence-electron chi connectivity index (χ0n) is 3.47. The van der Waals surface area contributed by atoms with Crippen molar-refractivity contribution in [2.75, 3.05) is 0 Å². The van der Waals surface area contributed by atoms with Crippen LogP contribution in [0.4, 0.5) is 0 Å². The van der Waals surface area contributed by atoms with Crippen LogP contribution < -0.4 is 5.14 Å². The fourth-order valence-corrected chi connectivity index (χ4v) is 0.763. The third kappa shape index (κ3) is 5.82. The quantitative estimate of drug-likeness (QED) is 0.444. The molecule has 0 saturated heterocycles. The topological polar surface area (TPSA) is 104 Å². The highest BCUT2D eigenvalue weighted by atomic mass is 32.3. The Bertz CT molecular complexity index is 211. The number of nitrogens with two attached hydrogens (primary N) is 1. The molecule has 0 radical (unpaired) electrons. The van der Waals surface area contributed by atoms with Gasteiger partial charge in [-0.15, -0.1) is 3.63 Å². The van der Waals surface area contributed by atoms with Gasteiger partial charge in [-0.1, -0.05) is 0 Å². The van der Waals surface area contributed by atoms with Crippen molar-refractivity contribution in [3.8, 4) is 0 Å². The molecule has 0 spiro atoms. The molecule has 0 aromatic rings. The maximum Gasteiger partial charge on any atom is 0.347 e. The lowest BCUT2D eigenvalue weighted by Gasteiger charge is -1.84. The molecule has 0 unspecified atom stereocenters. The molecule has 0 bridgehead atoms. The highest BCUT2D eigenvalue weighted by Crippen LogP contribution is 1.77. The first-order valence-corrected chi connectivity index (χ1v) is 3.85. The van der Waals surface area contributed by atoms with Crippen LogP contribution in [0, 0.1) is 0 Å². The van der Waals surface area contributed by atoms with Crippen LogP contribution in [0.3, 0.4) is 0 Å². The number of thiol groups is 1. The van der Waals surface area contributed by atoms with Gasteiger partial charge in [-0.3, -0.25) is 0 Å². The van der Waals surface area contributed by atoms with Crippen LogP contribution in [-0.2, 0) is 24.9 Å². The van der Waals surface area contributed by atoms with Crippen LogP contribution in [-0.4, -0.2) is 16.8 Å². The van der Waals surface area contributed by atoms with Gasteiger partial charge in [0.1, 0.15) is 0 Å². The van der Waals surface area contributed by atoms with Crippen LogP contribution >= 0.6 is 0 Å². The first-order valence-electron chi connectivity index (χ1n) is 1.28. The summed E-state index contributed by atoms with van der Waals surface area (Å²) in [6.45, 7) is 0. The van der Waals surface area contributed by atoms with E-state index in [0.717, 1.165) is 0 Å². The molecule has 0 saturated carbocycles. The van der Waals surface area contributed by atoms with Crippen molar-refractivity contribution in [1.29, 1.82) is 0 Å². The Balaban J connectivity index is 4.16. The van der Waals surface area contributed by atoms with E-state index >= 15 is 0 Å². The zero-order chi connectivity index (χ0) is 6.78. The number of rotatable bonds is 2. The lowest BCUT2D eigenvalue weighted by molar-refractivity contribution is 0.479. The summed E-state index contributed by atoms with van der Waals surface area (Å²) < 4.78 is 41.1. The smallest absolute Gasteiger partial charge is 0.204 e. The molecule has 0 heterocycles. The first kappa shape index (κ1) is 7.82. The van der Waals surface area contributed by atoms with Gasteiger partial charge in [0.2, 0.25) is 0 Å². The summed E-state index contributed by atoms with van der Waals surface area (Å²) >= 11 is 0. The van der Waals surface area contributed by atoms with Gasteiger partial charge in [0, 0.05) is 0 Å². The van der Waals surface area contributed by atoms with Crippen molar-refractivity contribution in [1.82, 2.24) is 0 Å². The maximum absolute atomic E-state index is 9.61. The summed E-state index contributed by atoms with van der Waals surface area (Å²) in [7, 11) is -7.72. The summed E-state index contributed by atoms with van der Waals surface area (Å²) in [5.41, 5.74) is 0. The van der Waals surface area contributed by atoms with Crippen molar-refractivity contribution < 1.29 is 20.5 Å². The van der Waals surface area contributed by atoms with Crippen molar-refractivity contribution >= 4 is 21.3 Å². The molecule has 8 heavy (non-hydrogen) atoms. The minimum absolute atomic E-state index is 3.14. The molecular weight excluding hydrogens is 158 g/mol. The average molecular weight is 161 g/mol. The molecule has 50 valence electrons. The van der Waals surface area contributed by atoms with Crippen molar-refractivity contribution in [2.24, 2.45) is 5.14 Å². The Morgan fingerprint density at radius 2 is 1.75 bits per heavy atom. The molecule has 0 aliphatic carbocycles. The Morgan fingerprint density at radius 3 is 1.75 bits per heavy atom. The molecule has 0 aromatic heterocycles. The Hall–Kier alpha value is -0.180. The molecule has 0 amide bonds. The van der Waals surface area contributed by atoms with E-state index in [0.29, 0.717) is 0 Å². The molecule has 8 heteroatoms. The predicted molar refractivity (Wildman–Crippen MR) is 24.5 cm³/mol. The van der Waals surface area contributed by atoms with Crippen molar-refractivity contribution in [2.45, 2.75) is 0 Å². The lowest BCUT2D eigenvalue weighted by Crippen LogP contribution is -2.14. The molecule has 0 atom stereocenters. The predicted octanol–water partition coefficient (Wildman–Crippen LogP) is -2.27. The van der Waals surface area contributed by atoms with Gasteiger partial charge in [-0.2, -0.15) is 8.42 Å². The fourth-order valence-electron chi connectivity index (χ4n) is 0.0848. The molecule has 0 aliphatic rings. The highest BCUT2D eigenvalue weighted by molar-refractivity contribution is 7.91. The number of hydrogen-bond donors (Lipinski definition) is 2. The Morgan fingerprint density at radius 1 is 1.38 bits per heavy atom. The summed E-state index contributed by atoms with van der Waals surface area (Å²) in [5.74, 6) is 0. The zero-order valence-corrected chi connectivity index (χ0v) is 5.18. The monoisotopic (exact) mass is 161 g/mol. The summed E-state index contributed by atoms with van der Waals surface area (Å²) in [6.07, 6.45) is 0. The van der Waals surface area contributed by atoms with E-state index in [1.54, 1.807) is 0 Å². The van der Waals surface area contributed by atoms with E-state index in [9.17, 15) is 16.8 Å².